The van der Waals surface area contributed by atoms with Gasteiger partial charge in [-0.3, -0.25) is 4.98 Å². The van der Waals surface area contributed by atoms with E-state index in [4.69, 9.17) is 5.11 Å². The number of anilines is 2. The van der Waals surface area contributed by atoms with Crippen molar-refractivity contribution in [1.29, 1.82) is 0 Å². The third-order valence-electron chi connectivity index (χ3n) is 4.42. The molecule has 29 heavy (non-hydrogen) atoms. The molecule has 0 aliphatic heterocycles. The van der Waals surface area contributed by atoms with Gasteiger partial charge in [-0.2, -0.15) is 4.98 Å². The van der Waals surface area contributed by atoms with Gasteiger partial charge in [0.2, 0.25) is 5.95 Å². The maximum Gasteiger partial charge on any atom is 0.226 e. The fraction of sp³-hybridized carbons (Fsp3) is 0.190. The van der Waals surface area contributed by atoms with E-state index >= 15 is 0 Å². The highest BCUT2D eigenvalue weighted by Crippen LogP contribution is 2.41. The van der Waals surface area contributed by atoms with Crippen molar-refractivity contribution in [2.75, 3.05) is 23.8 Å². The van der Waals surface area contributed by atoms with E-state index in [2.05, 4.69) is 25.6 Å². The molecule has 4 rings (SSSR count). The Kier molecular flexibility index (Phi) is 5.64. The van der Waals surface area contributed by atoms with Crippen molar-refractivity contribution in [2.24, 2.45) is 0 Å². The van der Waals surface area contributed by atoms with E-state index in [1.165, 1.54) is 12.1 Å². The van der Waals surface area contributed by atoms with Crippen LogP contribution in [-0.2, 0) is 6.54 Å². The Morgan fingerprint density at radius 2 is 1.90 bits per heavy atom. The van der Waals surface area contributed by atoms with Crippen molar-refractivity contribution in [3.8, 4) is 11.1 Å². The molecule has 0 fully saturated rings. The van der Waals surface area contributed by atoms with E-state index in [-0.39, 0.29) is 12.4 Å². The molecule has 6 nitrogen and oxygen atoms in total. The van der Waals surface area contributed by atoms with Crippen LogP contribution < -0.4 is 10.6 Å². The number of aliphatic hydroxyl groups excluding tert-OH is 1. The van der Waals surface area contributed by atoms with Crippen LogP contribution in [0.3, 0.4) is 0 Å². The van der Waals surface area contributed by atoms with Crippen LogP contribution in [0.2, 0.25) is 0 Å². The number of thiophene rings is 1. The fourth-order valence-corrected chi connectivity index (χ4v) is 4.17. The van der Waals surface area contributed by atoms with Crippen molar-refractivity contribution in [2.45, 2.75) is 13.5 Å². The molecule has 0 unspecified atom stereocenters. The van der Waals surface area contributed by atoms with E-state index < -0.39 is 0 Å². The van der Waals surface area contributed by atoms with Crippen molar-refractivity contribution < 1.29 is 9.50 Å². The number of aliphatic hydroxyl groups is 1. The molecule has 0 radical (unpaired) electrons. The summed E-state index contributed by atoms with van der Waals surface area (Å²) in [5, 5.41) is 16.4. The molecule has 3 aromatic heterocycles. The topological polar surface area (TPSA) is 83.0 Å². The lowest BCUT2D eigenvalue weighted by Crippen LogP contribution is -2.11. The number of nitrogens with one attached hydrogen (secondary N) is 2. The Labute approximate surface area is 171 Å². The number of aryl methyl sites for hydroxylation is 1. The first kappa shape index (κ1) is 19.2. The second-order valence-corrected chi connectivity index (χ2v) is 7.64. The van der Waals surface area contributed by atoms with Gasteiger partial charge >= 0.3 is 0 Å². The Morgan fingerprint density at radius 3 is 2.62 bits per heavy atom. The average molecular weight is 409 g/mol. The molecular formula is C21H20FN5OS. The van der Waals surface area contributed by atoms with E-state index in [0.717, 1.165) is 31.9 Å². The number of aromatic nitrogens is 3. The standard InChI is InChI=1S/C21H20FN5OS/c1-13-17(14-5-7-15(22)8-6-14)18-19(25-12-16-4-2-3-9-23-16)26-21(24-10-11-28)27-20(18)29-13/h2-9,28H,10-12H2,1H3,(H2,24,25,26,27). The number of rotatable bonds is 7. The molecule has 3 heterocycles. The Balaban J connectivity index is 1.81. The molecule has 3 N–H and O–H groups in total. The maximum atomic E-state index is 13.4. The lowest BCUT2D eigenvalue weighted by atomic mass is 10.0. The predicted molar refractivity (Wildman–Crippen MR) is 115 cm³/mol. The number of hydrogen-bond donors (Lipinski definition) is 3. The Bertz CT molecular complexity index is 1120. The number of fused-ring (bicyclic) bond motifs is 1. The minimum atomic E-state index is -0.272. The van der Waals surface area contributed by atoms with E-state index in [9.17, 15) is 4.39 Å². The summed E-state index contributed by atoms with van der Waals surface area (Å²) in [4.78, 5) is 15.5. The normalized spacial score (nSPS) is 11.0. The molecule has 0 amide bonds. The summed E-state index contributed by atoms with van der Waals surface area (Å²) < 4.78 is 13.4. The minimum Gasteiger partial charge on any atom is -0.395 e. The molecular weight excluding hydrogens is 389 g/mol. The highest BCUT2D eigenvalue weighted by atomic mass is 32.1. The van der Waals surface area contributed by atoms with Gasteiger partial charge in [0.1, 0.15) is 16.5 Å². The van der Waals surface area contributed by atoms with Crippen molar-refractivity contribution >= 4 is 33.3 Å². The first-order valence-corrected chi connectivity index (χ1v) is 10.0. The highest BCUT2D eigenvalue weighted by Gasteiger charge is 2.18. The van der Waals surface area contributed by atoms with Crippen LogP contribution in [0.25, 0.3) is 21.3 Å². The summed E-state index contributed by atoms with van der Waals surface area (Å²) in [5.74, 6) is 0.845. The molecule has 4 aromatic rings. The SMILES string of the molecule is Cc1sc2nc(NCCO)nc(NCc3ccccn3)c2c1-c1ccc(F)cc1. The first-order chi connectivity index (χ1) is 14.2. The minimum absolute atomic E-state index is 0.0115. The van der Waals surface area contributed by atoms with Crippen LogP contribution in [0.5, 0.6) is 0 Å². The summed E-state index contributed by atoms with van der Waals surface area (Å²) in [6.07, 6.45) is 1.75. The van der Waals surface area contributed by atoms with Gasteiger partial charge < -0.3 is 15.7 Å². The van der Waals surface area contributed by atoms with Gasteiger partial charge in [-0.25, -0.2) is 9.37 Å². The van der Waals surface area contributed by atoms with Gasteiger partial charge in [-0.15, -0.1) is 11.3 Å². The van der Waals surface area contributed by atoms with Gasteiger partial charge in [0.15, 0.2) is 0 Å². The average Bonchev–Trinajstić information content (AvgIpc) is 3.07. The highest BCUT2D eigenvalue weighted by molar-refractivity contribution is 7.19. The van der Waals surface area contributed by atoms with Crippen LogP contribution in [0, 0.1) is 12.7 Å². The van der Waals surface area contributed by atoms with Crippen molar-refractivity contribution in [3.63, 3.8) is 0 Å². The third kappa shape index (κ3) is 4.18. The zero-order valence-electron chi connectivity index (χ0n) is 15.8. The van der Waals surface area contributed by atoms with E-state index in [0.29, 0.717) is 24.9 Å². The van der Waals surface area contributed by atoms with Crippen LogP contribution in [0.1, 0.15) is 10.6 Å². The molecule has 8 heteroatoms. The number of halogens is 1. The summed E-state index contributed by atoms with van der Waals surface area (Å²) in [6, 6.07) is 12.2. The molecule has 0 aliphatic carbocycles. The zero-order valence-corrected chi connectivity index (χ0v) is 16.6. The van der Waals surface area contributed by atoms with Gasteiger partial charge in [-0.1, -0.05) is 18.2 Å². The number of nitrogens with zero attached hydrogens (tertiary/aromatic N) is 3. The number of benzene rings is 1. The van der Waals surface area contributed by atoms with Gasteiger partial charge in [0, 0.05) is 23.2 Å². The largest absolute Gasteiger partial charge is 0.395 e. The monoisotopic (exact) mass is 409 g/mol. The van der Waals surface area contributed by atoms with Crippen molar-refractivity contribution in [1.82, 2.24) is 15.0 Å². The first-order valence-electron chi connectivity index (χ1n) is 9.21. The van der Waals surface area contributed by atoms with E-state index in [1.807, 2.05) is 25.1 Å². The third-order valence-corrected chi connectivity index (χ3v) is 5.42. The second kappa shape index (κ2) is 8.50. The van der Waals surface area contributed by atoms with Gasteiger partial charge in [-0.05, 0) is 36.8 Å². The van der Waals surface area contributed by atoms with Crippen LogP contribution >= 0.6 is 11.3 Å². The second-order valence-electron chi connectivity index (χ2n) is 6.44. The summed E-state index contributed by atoms with van der Waals surface area (Å²) in [5.41, 5.74) is 2.79. The van der Waals surface area contributed by atoms with Crippen molar-refractivity contribution in [3.05, 3.63) is 65.0 Å². The predicted octanol–water partition coefficient (Wildman–Crippen LogP) is 4.22. The van der Waals surface area contributed by atoms with Gasteiger partial charge in [0.25, 0.3) is 0 Å². The van der Waals surface area contributed by atoms with E-state index in [1.54, 1.807) is 29.7 Å². The van der Waals surface area contributed by atoms with Crippen LogP contribution in [-0.4, -0.2) is 33.2 Å². The molecule has 0 aliphatic rings. The van der Waals surface area contributed by atoms with Crippen LogP contribution in [0.4, 0.5) is 16.2 Å². The molecule has 0 bridgehead atoms. The maximum absolute atomic E-state index is 13.4. The molecule has 0 saturated carbocycles. The molecule has 1 aromatic carbocycles. The summed E-state index contributed by atoms with van der Waals surface area (Å²) in [7, 11) is 0. The number of hydrogen-bond acceptors (Lipinski definition) is 7. The summed E-state index contributed by atoms with van der Waals surface area (Å²) in [6.45, 7) is 2.88. The molecule has 0 spiro atoms. The Hall–Kier alpha value is -3.10. The van der Waals surface area contributed by atoms with Crippen LogP contribution in [0.15, 0.2) is 48.7 Å². The fourth-order valence-electron chi connectivity index (χ4n) is 3.13. The molecule has 0 saturated heterocycles. The number of pyridine rings is 1. The lowest BCUT2D eigenvalue weighted by molar-refractivity contribution is 0.311. The summed E-state index contributed by atoms with van der Waals surface area (Å²) >= 11 is 1.56. The quantitative estimate of drug-likeness (QED) is 0.424. The molecule has 0 atom stereocenters. The Morgan fingerprint density at radius 1 is 1.07 bits per heavy atom. The lowest BCUT2D eigenvalue weighted by Gasteiger charge is -2.11. The zero-order chi connectivity index (χ0) is 20.2. The van der Waals surface area contributed by atoms with Gasteiger partial charge in [0.05, 0.1) is 24.2 Å². The molecule has 148 valence electrons. The smallest absolute Gasteiger partial charge is 0.226 e.